The van der Waals surface area contributed by atoms with Gasteiger partial charge in [-0.1, -0.05) is 0 Å². The molecule has 0 aromatic rings. The van der Waals surface area contributed by atoms with Gasteiger partial charge in [0.1, 0.15) is 0 Å². The number of carboxylic acid groups (broad SMARTS) is 1. The van der Waals surface area contributed by atoms with Crippen LogP contribution < -0.4 is 0 Å². The molecule has 1 saturated heterocycles. The predicted molar refractivity (Wildman–Crippen MR) is 55.5 cm³/mol. The molecule has 0 saturated carbocycles. The number of piperazine rings is 1. The van der Waals surface area contributed by atoms with Crippen LogP contribution in [-0.4, -0.2) is 59.5 Å². The molecule has 1 heterocycles. The minimum atomic E-state index is -0.775. The number of carbonyl (C=O) groups excluding carboxylic acids is 1. The summed E-state index contributed by atoms with van der Waals surface area (Å²) in [6.07, 6.45) is 0.774. The minimum Gasteiger partial charge on any atom is -0.481 e. The molecule has 0 aliphatic carbocycles. The zero-order valence-electron chi connectivity index (χ0n) is 9.27. The number of rotatable bonds is 4. The number of carboxylic acids is 1. The molecule has 0 spiro atoms. The summed E-state index contributed by atoms with van der Waals surface area (Å²) >= 11 is 0. The Morgan fingerprint density at radius 2 is 2.27 bits per heavy atom. The van der Waals surface area contributed by atoms with Crippen molar-refractivity contribution in [3.63, 3.8) is 0 Å². The Kier molecular flexibility index (Phi) is 4.08. The van der Waals surface area contributed by atoms with Crippen LogP contribution in [0.1, 0.15) is 19.8 Å². The molecule has 1 rings (SSSR count). The highest BCUT2D eigenvalue weighted by atomic mass is 16.4. The lowest BCUT2D eigenvalue weighted by atomic mass is 10.1. The minimum absolute atomic E-state index is 0.131. The van der Waals surface area contributed by atoms with Crippen LogP contribution in [0.3, 0.4) is 0 Å². The summed E-state index contributed by atoms with van der Waals surface area (Å²) in [5.74, 6) is -0.644. The van der Waals surface area contributed by atoms with Crippen molar-refractivity contribution in [1.29, 1.82) is 0 Å². The van der Waals surface area contributed by atoms with Crippen molar-refractivity contribution < 1.29 is 14.7 Å². The molecule has 0 aromatic carbocycles. The van der Waals surface area contributed by atoms with Crippen molar-refractivity contribution >= 4 is 11.9 Å². The molecule has 1 aliphatic rings. The second-order valence-electron chi connectivity index (χ2n) is 3.93. The van der Waals surface area contributed by atoms with E-state index in [1.165, 1.54) is 0 Å². The number of carbonyl (C=O) groups is 2. The third kappa shape index (κ3) is 3.20. The molecule has 1 atom stereocenters. The number of hydrogen-bond acceptors (Lipinski definition) is 3. The van der Waals surface area contributed by atoms with E-state index in [0.717, 1.165) is 0 Å². The first-order chi connectivity index (χ1) is 7.04. The number of nitrogens with zero attached hydrogens (tertiary/aromatic N) is 2. The van der Waals surface area contributed by atoms with E-state index in [1.807, 2.05) is 18.9 Å². The van der Waals surface area contributed by atoms with Gasteiger partial charge in [0, 0.05) is 25.6 Å². The first-order valence-electron chi connectivity index (χ1n) is 5.24. The monoisotopic (exact) mass is 214 g/mol. The van der Waals surface area contributed by atoms with E-state index in [-0.39, 0.29) is 18.4 Å². The SMILES string of the molecule is CCN1CC(CCC(=O)O)N(C)CC1=O. The smallest absolute Gasteiger partial charge is 0.303 e. The molecule has 5 heteroatoms. The molecule has 5 nitrogen and oxygen atoms in total. The fraction of sp³-hybridized carbons (Fsp3) is 0.800. The van der Waals surface area contributed by atoms with Crippen LogP contribution in [0.15, 0.2) is 0 Å². The van der Waals surface area contributed by atoms with Crippen LogP contribution >= 0.6 is 0 Å². The molecular weight excluding hydrogens is 196 g/mol. The van der Waals surface area contributed by atoms with Gasteiger partial charge in [-0.05, 0) is 20.4 Å². The van der Waals surface area contributed by atoms with Crippen LogP contribution in [0.2, 0.25) is 0 Å². The van der Waals surface area contributed by atoms with Crippen LogP contribution in [0.5, 0.6) is 0 Å². The summed E-state index contributed by atoms with van der Waals surface area (Å²) in [5.41, 5.74) is 0. The van der Waals surface area contributed by atoms with Crippen molar-refractivity contribution in [3.05, 3.63) is 0 Å². The molecule has 1 fully saturated rings. The zero-order valence-corrected chi connectivity index (χ0v) is 9.27. The van der Waals surface area contributed by atoms with Gasteiger partial charge in [0.2, 0.25) is 5.91 Å². The maximum Gasteiger partial charge on any atom is 0.303 e. The van der Waals surface area contributed by atoms with Gasteiger partial charge < -0.3 is 10.0 Å². The van der Waals surface area contributed by atoms with Gasteiger partial charge in [0.25, 0.3) is 0 Å². The Bertz CT molecular complexity index is 255. The van der Waals surface area contributed by atoms with Gasteiger partial charge in [-0.15, -0.1) is 0 Å². The summed E-state index contributed by atoms with van der Waals surface area (Å²) in [6.45, 7) is 3.70. The number of likely N-dealkylation sites (N-methyl/N-ethyl adjacent to an activating group) is 2. The van der Waals surface area contributed by atoms with Crippen molar-refractivity contribution in [1.82, 2.24) is 9.80 Å². The number of amides is 1. The Labute approximate surface area is 89.7 Å². The molecule has 15 heavy (non-hydrogen) atoms. The van der Waals surface area contributed by atoms with Crippen LogP contribution in [0.25, 0.3) is 0 Å². The third-order valence-corrected chi connectivity index (χ3v) is 2.86. The lowest BCUT2D eigenvalue weighted by molar-refractivity contribution is -0.139. The molecule has 0 bridgehead atoms. The van der Waals surface area contributed by atoms with Gasteiger partial charge in [0.15, 0.2) is 0 Å². The lowest BCUT2D eigenvalue weighted by Gasteiger charge is -2.38. The van der Waals surface area contributed by atoms with Gasteiger partial charge in [-0.3, -0.25) is 14.5 Å². The predicted octanol–water partition coefficient (Wildman–Crippen LogP) is 0.0137. The van der Waals surface area contributed by atoms with Crippen molar-refractivity contribution in [2.75, 3.05) is 26.7 Å². The number of hydrogen-bond donors (Lipinski definition) is 1. The molecule has 0 aromatic heterocycles. The molecule has 1 N–H and O–H groups in total. The molecule has 1 aliphatic heterocycles. The molecule has 86 valence electrons. The van der Waals surface area contributed by atoms with E-state index in [2.05, 4.69) is 0 Å². The normalized spacial score (nSPS) is 23.2. The molecule has 1 unspecified atom stereocenters. The van der Waals surface area contributed by atoms with Crippen molar-refractivity contribution in [2.24, 2.45) is 0 Å². The lowest BCUT2D eigenvalue weighted by Crippen LogP contribution is -2.54. The summed E-state index contributed by atoms with van der Waals surface area (Å²) in [4.78, 5) is 25.7. The summed E-state index contributed by atoms with van der Waals surface area (Å²) in [6, 6.07) is 0.179. The Hall–Kier alpha value is -1.10. The van der Waals surface area contributed by atoms with Gasteiger partial charge in [-0.25, -0.2) is 0 Å². The highest BCUT2D eigenvalue weighted by molar-refractivity contribution is 5.79. The standard InChI is InChI=1S/C10H18N2O3/c1-3-12-6-8(4-5-10(14)15)11(2)7-9(12)13/h8H,3-7H2,1-2H3,(H,14,15). The number of aliphatic carboxylic acids is 1. The second-order valence-corrected chi connectivity index (χ2v) is 3.93. The average molecular weight is 214 g/mol. The largest absolute Gasteiger partial charge is 0.481 e. The fourth-order valence-corrected chi connectivity index (χ4v) is 1.85. The van der Waals surface area contributed by atoms with Crippen molar-refractivity contribution in [2.45, 2.75) is 25.8 Å². The van der Waals surface area contributed by atoms with Crippen LogP contribution in [0, 0.1) is 0 Å². The summed E-state index contributed by atoms with van der Waals surface area (Å²) < 4.78 is 0. The zero-order chi connectivity index (χ0) is 11.4. The summed E-state index contributed by atoms with van der Waals surface area (Å²) in [5, 5.41) is 8.61. The van der Waals surface area contributed by atoms with E-state index in [1.54, 1.807) is 4.90 Å². The highest BCUT2D eigenvalue weighted by Crippen LogP contribution is 2.13. The van der Waals surface area contributed by atoms with E-state index >= 15 is 0 Å². The van der Waals surface area contributed by atoms with Gasteiger partial charge in [-0.2, -0.15) is 0 Å². The molecule has 1 amide bonds. The molecular formula is C10H18N2O3. The van der Waals surface area contributed by atoms with E-state index in [0.29, 0.717) is 26.1 Å². The molecule has 0 radical (unpaired) electrons. The van der Waals surface area contributed by atoms with Crippen LogP contribution in [0.4, 0.5) is 0 Å². The van der Waals surface area contributed by atoms with E-state index in [9.17, 15) is 9.59 Å². The maximum atomic E-state index is 11.5. The van der Waals surface area contributed by atoms with E-state index in [4.69, 9.17) is 5.11 Å². The first-order valence-corrected chi connectivity index (χ1v) is 5.24. The summed E-state index contributed by atoms with van der Waals surface area (Å²) in [7, 11) is 1.87. The Morgan fingerprint density at radius 1 is 1.60 bits per heavy atom. The Morgan fingerprint density at radius 3 is 2.80 bits per heavy atom. The second kappa shape index (κ2) is 5.11. The highest BCUT2D eigenvalue weighted by Gasteiger charge is 2.28. The third-order valence-electron chi connectivity index (χ3n) is 2.86. The Balaban J connectivity index is 2.49. The van der Waals surface area contributed by atoms with Crippen molar-refractivity contribution in [3.8, 4) is 0 Å². The van der Waals surface area contributed by atoms with Gasteiger partial charge in [0.05, 0.1) is 6.54 Å². The fourth-order valence-electron chi connectivity index (χ4n) is 1.85. The first kappa shape index (κ1) is 12.0. The van der Waals surface area contributed by atoms with Crippen LogP contribution in [-0.2, 0) is 9.59 Å². The average Bonchev–Trinajstić information content (AvgIpc) is 2.16. The van der Waals surface area contributed by atoms with E-state index < -0.39 is 5.97 Å². The maximum absolute atomic E-state index is 11.5. The quantitative estimate of drug-likeness (QED) is 0.716. The topological polar surface area (TPSA) is 60.9 Å². The van der Waals surface area contributed by atoms with Gasteiger partial charge >= 0.3 is 5.97 Å².